The molecule has 3 aromatic rings. The molecule has 3 heteroatoms. The van der Waals surface area contributed by atoms with E-state index in [2.05, 4.69) is 22.1 Å². The van der Waals surface area contributed by atoms with Crippen molar-refractivity contribution >= 4 is 22.6 Å². The number of pyridine rings is 2. The largest absolute Gasteiger partial charge is 0.237 e. The van der Waals surface area contributed by atoms with E-state index in [1.54, 1.807) is 6.20 Å². The molecule has 0 bridgehead atoms. The van der Waals surface area contributed by atoms with E-state index in [-0.39, 0.29) is 0 Å². The number of benzene rings is 1. The maximum atomic E-state index is 6.02. The minimum atomic E-state index is 0.468. The Labute approximate surface area is 104 Å². The van der Waals surface area contributed by atoms with Crippen molar-refractivity contribution in [1.82, 2.24) is 9.97 Å². The Balaban J connectivity index is 2.36. The highest BCUT2D eigenvalue weighted by atomic mass is 35.5. The normalized spacial score (nSPS) is 10.6. The van der Waals surface area contributed by atoms with Gasteiger partial charge in [-0.15, -0.1) is 0 Å². The van der Waals surface area contributed by atoms with Crippen molar-refractivity contribution in [2.75, 3.05) is 0 Å². The summed E-state index contributed by atoms with van der Waals surface area (Å²) in [5.74, 6) is 0. The number of rotatable bonds is 1. The second-order valence-corrected chi connectivity index (χ2v) is 4.12. The predicted molar refractivity (Wildman–Crippen MR) is 70.0 cm³/mol. The molecule has 2 aromatic heterocycles. The quantitative estimate of drug-likeness (QED) is 0.602. The zero-order chi connectivity index (χ0) is 11.7. The van der Waals surface area contributed by atoms with Gasteiger partial charge in [-0.1, -0.05) is 41.9 Å². The van der Waals surface area contributed by atoms with Crippen LogP contribution in [0.5, 0.6) is 0 Å². The molecule has 0 fully saturated rings. The zero-order valence-electron chi connectivity index (χ0n) is 8.97. The number of halogens is 1. The number of hydrogen-bond donors (Lipinski definition) is 0. The van der Waals surface area contributed by atoms with E-state index in [1.165, 1.54) is 0 Å². The monoisotopic (exact) mass is 240 g/mol. The van der Waals surface area contributed by atoms with Gasteiger partial charge in [-0.05, 0) is 29.3 Å². The SMILES string of the molecule is Clc1cc(-c2ccccc2)c2cccnc2n1. The van der Waals surface area contributed by atoms with Crippen LogP contribution in [-0.2, 0) is 0 Å². The minimum Gasteiger partial charge on any atom is -0.237 e. The maximum absolute atomic E-state index is 6.02. The molecule has 0 amide bonds. The Morgan fingerprint density at radius 1 is 0.941 bits per heavy atom. The summed E-state index contributed by atoms with van der Waals surface area (Å²) in [4.78, 5) is 8.45. The molecule has 0 saturated carbocycles. The average Bonchev–Trinajstić information content (AvgIpc) is 2.39. The van der Waals surface area contributed by atoms with Gasteiger partial charge in [-0.3, -0.25) is 0 Å². The number of aromatic nitrogens is 2. The molecular weight excluding hydrogens is 232 g/mol. The van der Waals surface area contributed by atoms with E-state index in [0.717, 1.165) is 16.5 Å². The van der Waals surface area contributed by atoms with E-state index < -0.39 is 0 Å². The first kappa shape index (κ1) is 10.2. The zero-order valence-corrected chi connectivity index (χ0v) is 9.72. The topological polar surface area (TPSA) is 25.8 Å². The minimum absolute atomic E-state index is 0.468. The number of hydrogen-bond acceptors (Lipinski definition) is 2. The highest BCUT2D eigenvalue weighted by Gasteiger charge is 2.06. The van der Waals surface area contributed by atoms with Gasteiger partial charge >= 0.3 is 0 Å². The third-order valence-corrected chi connectivity index (χ3v) is 2.83. The predicted octanol–water partition coefficient (Wildman–Crippen LogP) is 3.95. The van der Waals surface area contributed by atoms with Crippen molar-refractivity contribution in [3.05, 3.63) is 59.9 Å². The fourth-order valence-corrected chi connectivity index (χ4v) is 2.07. The Kier molecular flexibility index (Phi) is 2.50. The molecule has 3 rings (SSSR count). The third-order valence-electron chi connectivity index (χ3n) is 2.64. The van der Waals surface area contributed by atoms with Crippen molar-refractivity contribution in [3.63, 3.8) is 0 Å². The fraction of sp³-hybridized carbons (Fsp3) is 0. The fourth-order valence-electron chi connectivity index (χ4n) is 1.88. The summed E-state index contributed by atoms with van der Waals surface area (Å²) in [6.07, 6.45) is 1.72. The van der Waals surface area contributed by atoms with Gasteiger partial charge in [0, 0.05) is 11.6 Å². The molecule has 0 aliphatic carbocycles. The van der Waals surface area contributed by atoms with Gasteiger partial charge < -0.3 is 0 Å². The lowest BCUT2D eigenvalue weighted by molar-refractivity contribution is 1.29. The van der Waals surface area contributed by atoms with Crippen LogP contribution in [0.1, 0.15) is 0 Å². The standard InChI is InChI=1S/C14H9ClN2/c15-13-9-12(10-5-2-1-3-6-10)11-7-4-8-16-14(11)17-13/h1-9H. The molecule has 1 aromatic carbocycles. The summed E-state index contributed by atoms with van der Waals surface area (Å²) in [5.41, 5.74) is 2.86. The summed E-state index contributed by atoms with van der Waals surface area (Å²) in [6, 6.07) is 15.9. The lowest BCUT2D eigenvalue weighted by Crippen LogP contribution is -1.88. The van der Waals surface area contributed by atoms with E-state index in [4.69, 9.17) is 11.6 Å². The van der Waals surface area contributed by atoms with Crippen LogP contribution < -0.4 is 0 Å². The molecule has 0 spiro atoms. The van der Waals surface area contributed by atoms with E-state index in [0.29, 0.717) is 10.8 Å². The van der Waals surface area contributed by atoms with Crippen LogP contribution in [0.4, 0.5) is 0 Å². The van der Waals surface area contributed by atoms with E-state index in [9.17, 15) is 0 Å². The Bertz CT molecular complexity index is 665. The van der Waals surface area contributed by atoms with Gasteiger partial charge in [-0.2, -0.15) is 0 Å². The first-order chi connectivity index (χ1) is 8.34. The average molecular weight is 241 g/mol. The lowest BCUT2D eigenvalue weighted by Gasteiger charge is -2.06. The van der Waals surface area contributed by atoms with Gasteiger partial charge in [0.25, 0.3) is 0 Å². The highest BCUT2D eigenvalue weighted by molar-refractivity contribution is 6.30. The van der Waals surface area contributed by atoms with E-state index >= 15 is 0 Å². The van der Waals surface area contributed by atoms with Crippen molar-refractivity contribution in [2.24, 2.45) is 0 Å². The van der Waals surface area contributed by atoms with Gasteiger partial charge in [0.05, 0.1) is 0 Å². The first-order valence-electron chi connectivity index (χ1n) is 5.31. The summed E-state index contributed by atoms with van der Waals surface area (Å²) in [7, 11) is 0. The van der Waals surface area contributed by atoms with E-state index in [1.807, 2.05) is 36.4 Å². The molecule has 0 N–H and O–H groups in total. The summed E-state index contributed by atoms with van der Waals surface area (Å²) < 4.78 is 0. The number of nitrogens with zero attached hydrogens (tertiary/aromatic N) is 2. The van der Waals surface area contributed by atoms with Crippen LogP contribution in [0.15, 0.2) is 54.7 Å². The molecule has 82 valence electrons. The molecule has 0 atom stereocenters. The van der Waals surface area contributed by atoms with Gasteiger partial charge in [0.15, 0.2) is 5.65 Å². The Hall–Kier alpha value is -1.93. The van der Waals surface area contributed by atoms with Crippen molar-refractivity contribution < 1.29 is 0 Å². The van der Waals surface area contributed by atoms with Crippen LogP contribution in [0.25, 0.3) is 22.2 Å². The lowest BCUT2D eigenvalue weighted by atomic mass is 10.0. The van der Waals surface area contributed by atoms with Gasteiger partial charge in [-0.25, -0.2) is 9.97 Å². The van der Waals surface area contributed by atoms with Crippen LogP contribution in [0.3, 0.4) is 0 Å². The molecule has 0 saturated heterocycles. The van der Waals surface area contributed by atoms with Crippen molar-refractivity contribution in [1.29, 1.82) is 0 Å². The first-order valence-corrected chi connectivity index (χ1v) is 5.69. The molecule has 2 heterocycles. The third kappa shape index (κ3) is 1.87. The Morgan fingerprint density at radius 2 is 1.76 bits per heavy atom. The molecule has 17 heavy (non-hydrogen) atoms. The summed E-state index contributed by atoms with van der Waals surface area (Å²) in [5, 5.41) is 1.48. The molecule has 0 unspecified atom stereocenters. The second kappa shape index (κ2) is 4.15. The van der Waals surface area contributed by atoms with Gasteiger partial charge in [0.2, 0.25) is 0 Å². The molecule has 2 nitrogen and oxygen atoms in total. The Morgan fingerprint density at radius 3 is 2.59 bits per heavy atom. The second-order valence-electron chi connectivity index (χ2n) is 3.73. The smallest absolute Gasteiger partial charge is 0.161 e. The maximum Gasteiger partial charge on any atom is 0.161 e. The summed E-state index contributed by atoms with van der Waals surface area (Å²) >= 11 is 6.02. The molecule has 0 aliphatic heterocycles. The van der Waals surface area contributed by atoms with Crippen LogP contribution in [-0.4, -0.2) is 9.97 Å². The number of fused-ring (bicyclic) bond motifs is 1. The van der Waals surface area contributed by atoms with Crippen molar-refractivity contribution in [3.8, 4) is 11.1 Å². The van der Waals surface area contributed by atoms with Gasteiger partial charge in [0.1, 0.15) is 5.15 Å². The summed E-state index contributed by atoms with van der Waals surface area (Å²) in [6.45, 7) is 0. The van der Waals surface area contributed by atoms with Crippen LogP contribution in [0.2, 0.25) is 5.15 Å². The van der Waals surface area contributed by atoms with Crippen molar-refractivity contribution in [2.45, 2.75) is 0 Å². The molecule has 0 radical (unpaired) electrons. The molecule has 0 aliphatic rings. The van der Waals surface area contributed by atoms with Crippen LogP contribution in [0, 0.1) is 0 Å². The highest BCUT2D eigenvalue weighted by Crippen LogP contribution is 2.28. The van der Waals surface area contributed by atoms with Crippen LogP contribution >= 0.6 is 11.6 Å². The molecular formula is C14H9ClN2.